The minimum atomic E-state index is 0.164. The number of aryl methyl sites for hydroxylation is 1. The number of aliphatic hydroxyl groups excluding tert-OH is 1. The number of ether oxygens (including phenoxy) is 1. The molecular weight excluding hydrogens is 472 g/mol. The summed E-state index contributed by atoms with van der Waals surface area (Å²) in [5.74, 6) is 0.678. The molecule has 4 nitrogen and oxygen atoms in total. The minimum Gasteiger partial charge on any atom is -0.392 e. The first kappa shape index (κ1) is 37.9. The Bertz CT molecular complexity index is 749. The van der Waals surface area contributed by atoms with Crippen LogP contribution in [0.1, 0.15) is 105 Å². The number of benzene rings is 1. The van der Waals surface area contributed by atoms with Gasteiger partial charge in [-0.25, -0.2) is 0 Å². The van der Waals surface area contributed by atoms with Crippen molar-refractivity contribution in [3.05, 3.63) is 71.3 Å². The summed E-state index contributed by atoms with van der Waals surface area (Å²) < 4.78 is 5.10. The summed E-state index contributed by atoms with van der Waals surface area (Å²) in [5, 5.41) is 8.36. The van der Waals surface area contributed by atoms with Crippen LogP contribution in [0.15, 0.2) is 60.2 Å². The van der Waals surface area contributed by atoms with Gasteiger partial charge in [0, 0.05) is 13.0 Å². The lowest BCUT2D eigenvalue weighted by Crippen LogP contribution is -2.10. The Morgan fingerprint density at radius 2 is 1.53 bits per heavy atom. The molecule has 0 aliphatic carbocycles. The zero-order valence-corrected chi connectivity index (χ0v) is 25.4. The second-order valence-corrected chi connectivity index (χ2v) is 10.8. The Morgan fingerprint density at radius 1 is 0.895 bits per heavy atom. The zero-order valence-electron chi connectivity index (χ0n) is 25.4. The number of allylic oxidation sites excluding steroid dienone is 5. The van der Waals surface area contributed by atoms with Crippen molar-refractivity contribution in [3.63, 3.8) is 0 Å². The molecule has 1 aromatic rings. The fraction of sp³-hybridized carbons (Fsp3) is 0.588. The normalized spacial score (nSPS) is 11.8. The topological polar surface area (TPSA) is 63.6 Å². The van der Waals surface area contributed by atoms with Crippen molar-refractivity contribution in [1.82, 2.24) is 0 Å². The molecule has 1 rings (SSSR count). The predicted molar refractivity (Wildman–Crippen MR) is 164 cm³/mol. The van der Waals surface area contributed by atoms with Gasteiger partial charge in [0.25, 0.3) is 0 Å². The van der Waals surface area contributed by atoms with E-state index in [0.29, 0.717) is 18.9 Å². The Balaban J connectivity index is 0. The third-order valence-electron chi connectivity index (χ3n) is 5.70. The maximum atomic E-state index is 10.2. The Kier molecular flexibility index (Phi) is 26.2. The molecule has 0 heterocycles. The van der Waals surface area contributed by atoms with Crippen molar-refractivity contribution in [2.45, 2.75) is 105 Å². The van der Waals surface area contributed by atoms with Crippen LogP contribution in [0, 0.1) is 5.92 Å². The summed E-state index contributed by atoms with van der Waals surface area (Å²) >= 11 is 0. The van der Waals surface area contributed by atoms with Gasteiger partial charge in [0.2, 0.25) is 0 Å². The second-order valence-electron chi connectivity index (χ2n) is 10.8. The standard InChI is InChI=1S/C13H18O.C12H22O2.C9H16O/c1-13(2,3)12-8-6-11(7-9-12)5-4-10-14;1-11(2)5-4-6-12(3)7-9-14-10-8-13;1-2-3-4-5-6-7-8-9-10/h6-10H,4-5H2,1-3H3;5,8,12H,4,6-7,9-10H2,1-3H3;3-4,7-8,10H,2,5-6,9H2,1H3. The first-order valence-electron chi connectivity index (χ1n) is 14.2. The largest absolute Gasteiger partial charge is 0.392 e. The summed E-state index contributed by atoms with van der Waals surface area (Å²) in [6, 6.07) is 8.54. The molecule has 1 unspecified atom stereocenters. The van der Waals surface area contributed by atoms with E-state index < -0.39 is 0 Å². The molecule has 1 atom stereocenters. The van der Waals surface area contributed by atoms with Crippen molar-refractivity contribution in [3.8, 4) is 0 Å². The van der Waals surface area contributed by atoms with E-state index in [9.17, 15) is 9.59 Å². The van der Waals surface area contributed by atoms with E-state index in [0.717, 1.165) is 51.1 Å². The minimum absolute atomic E-state index is 0.164. The Hall–Kier alpha value is -2.30. The fourth-order valence-corrected chi connectivity index (χ4v) is 3.28. The van der Waals surface area contributed by atoms with Gasteiger partial charge < -0.3 is 19.4 Å². The Labute approximate surface area is 234 Å². The van der Waals surface area contributed by atoms with Gasteiger partial charge in [0.05, 0.1) is 6.61 Å². The van der Waals surface area contributed by atoms with Gasteiger partial charge in [-0.15, -0.1) is 0 Å². The van der Waals surface area contributed by atoms with Crippen LogP contribution < -0.4 is 0 Å². The lowest BCUT2D eigenvalue weighted by Gasteiger charge is -2.19. The highest BCUT2D eigenvalue weighted by atomic mass is 16.5. The van der Waals surface area contributed by atoms with Gasteiger partial charge in [0.15, 0.2) is 0 Å². The average Bonchev–Trinajstić information content (AvgIpc) is 2.88. The van der Waals surface area contributed by atoms with Crippen molar-refractivity contribution in [1.29, 1.82) is 0 Å². The molecule has 0 radical (unpaired) electrons. The Morgan fingerprint density at radius 3 is 2.03 bits per heavy atom. The number of hydrogen-bond donors (Lipinski definition) is 1. The summed E-state index contributed by atoms with van der Waals surface area (Å²) in [7, 11) is 0. The molecule has 0 amide bonds. The maximum Gasteiger partial charge on any atom is 0.145 e. The number of carbonyl (C=O) groups is 2. The molecule has 0 saturated heterocycles. The SMILES string of the molecule is CC(C)(C)c1ccc(CCC=O)cc1.CC(C)=CCCC(C)CCOCC=O.CCC=CCCC=CCO. The number of hydrogen-bond acceptors (Lipinski definition) is 4. The molecule has 0 aliphatic rings. The lowest BCUT2D eigenvalue weighted by atomic mass is 9.86. The average molecular weight is 529 g/mol. The zero-order chi connectivity index (χ0) is 29.1. The highest BCUT2D eigenvalue weighted by Gasteiger charge is 2.12. The molecule has 0 fully saturated rings. The van der Waals surface area contributed by atoms with Crippen molar-refractivity contribution < 1.29 is 19.4 Å². The van der Waals surface area contributed by atoms with Gasteiger partial charge in [-0.2, -0.15) is 0 Å². The van der Waals surface area contributed by atoms with Crippen LogP contribution in [-0.2, 0) is 26.2 Å². The molecule has 4 heteroatoms. The van der Waals surface area contributed by atoms with Gasteiger partial charge in [-0.05, 0) is 81.3 Å². The van der Waals surface area contributed by atoms with Crippen LogP contribution in [0.5, 0.6) is 0 Å². The van der Waals surface area contributed by atoms with Gasteiger partial charge in [-0.1, -0.05) is 94.8 Å². The van der Waals surface area contributed by atoms with Crippen LogP contribution in [-0.4, -0.2) is 37.5 Å². The molecular formula is C34H56O4. The summed E-state index contributed by atoms with van der Waals surface area (Å²) in [4.78, 5) is 20.2. The number of aldehydes is 2. The highest BCUT2D eigenvalue weighted by molar-refractivity contribution is 5.50. The number of aliphatic hydroxyl groups is 1. The first-order valence-corrected chi connectivity index (χ1v) is 14.2. The van der Waals surface area contributed by atoms with Crippen molar-refractivity contribution >= 4 is 12.6 Å². The second kappa shape index (κ2) is 26.3. The van der Waals surface area contributed by atoms with Gasteiger partial charge in [0.1, 0.15) is 19.2 Å². The third-order valence-corrected chi connectivity index (χ3v) is 5.70. The highest BCUT2D eigenvalue weighted by Crippen LogP contribution is 2.22. The number of unbranched alkanes of at least 4 members (excludes halogenated alkanes) is 1. The van der Waals surface area contributed by atoms with Gasteiger partial charge >= 0.3 is 0 Å². The van der Waals surface area contributed by atoms with E-state index in [1.54, 1.807) is 6.08 Å². The van der Waals surface area contributed by atoms with Crippen LogP contribution in [0.25, 0.3) is 0 Å². The van der Waals surface area contributed by atoms with Crippen LogP contribution in [0.3, 0.4) is 0 Å². The maximum absolute atomic E-state index is 10.2. The fourth-order valence-electron chi connectivity index (χ4n) is 3.28. The quantitative estimate of drug-likeness (QED) is 0.133. The van der Waals surface area contributed by atoms with E-state index in [1.807, 2.05) is 6.08 Å². The van der Waals surface area contributed by atoms with Crippen molar-refractivity contribution in [2.75, 3.05) is 19.8 Å². The molecule has 1 N–H and O–H groups in total. The predicted octanol–water partition coefficient (Wildman–Crippen LogP) is 8.37. The van der Waals surface area contributed by atoms with Crippen LogP contribution in [0.2, 0.25) is 0 Å². The van der Waals surface area contributed by atoms with E-state index >= 15 is 0 Å². The number of carbonyl (C=O) groups excluding carboxylic acids is 2. The van der Waals surface area contributed by atoms with Crippen LogP contribution in [0.4, 0.5) is 0 Å². The van der Waals surface area contributed by atoms with E-state index in [1.165, 1.54) is 23.1 Å². The molecule has 38 heavy (non-hydrogen) atoms. The molecule has 1 aromatic carbocycles. The third kappa shape index (κ3) is 26.8. The molecule has 0 aliphatic heterocycles. The molecule has 0 aromatic heterocycles. The first-order chi connectivity index (χ1) is 18.1. The van der Waals surface area contributed by atoms with E-state index in [2.05, 4.69) is 91.0 Å². The smallest absolute Gasteiger partial charge is 0.145 e. The lowest BCUT2D eigenvalue weighted by molar-refractivity contribution is -0.112. The molecule has 0 saturated carbocycles. The van der Waals surface area contributed by atoms with E-state index in [-0.39, 0.29) is 18.6 Å². The van der Waals surface area contributed by atoms with E-state index in [4.69, 9.17) is 9.84 Å². The summed E-state index contributed by atoms with van der Waals surface area (Å²) in [6.45, 7) is 16.3. The summed E-state index contributed by atoms with van der Waals surface area (Å²) in [5.41, 5.74) is 4.18. The number of rotatable bonds is 16. The monoisotopic (exact) mass is 528 g/mol. The van der Waals surface area contributed by atoms with Crippen molar-refractivity contribution in [2.24, 2.45) is 5.92 Å². The van der Waals surface area contributed by atoms with Crippen LogP contribution >= 0.6 is 0 Å². The molecule has 216 valence electrons. The molecule has 0 bridgehead atoms. The molecule has 0 spiro atoms. The van der Waals surface area contributed by atoms with Gasteiger partial charge in [-0.3, -0.25) is 0 Å². The summed E-state index contributed by atoms with van der Waals surface area (Å²) in [6.07, 6.45) is 20.3.